The molecular formula is C29H32Cl2N2O2S. The van der Waals surface area contributed by atoms with Gasteiger partial charge in [0, 0.05) is 40.0 Å². The molecule has 0 bridgehead atoms. The fourth-order valence-electron chi connectivity index (χ4n) is 3.69. The number of amides is 2. The summed E-state index contributed by atoms with van der Waals surface area (Å²) in [5.41, 5.74) is 2.76. The molecule has 2 amide bonds. The van der Waals surface area contributed by atoms with E-state index in [1.165, 1.54) is 11.8 Å². The van der Waals surface area contributed by atoms with E-state index in [2.05, 4.69) is 5.32 Å². The lowest BCUT2D eigenvalue weighted by molar-refractivity contribution is -0.139. The first-order chi connectivity index (χ1) is 17.2. The minimum atomic E-state index is -0.718. The van der Waals surface area contributed by atoms with Crippen LogP contribution in [0.3, 0.4) is 0 Å². The number of nitrogens with one attached hydrogen (secondary N) is 1. The van der Waals surface area contributed by atoms with E-state index in [9.17, 15) is 9.59 Å². The fraction of sp³-hybridized carbons (Fsp3) is 0.310. The summed E-state index contributed by atoms with van der Waals surface area (Å²) in [7, 11) is 0. The van der Waals surface area contributed by atoms with Gasteiger partial charge in [0.1, 0.15) is 6.04 Å². The maximum absolute atomic E-state index is 13.7. The van der Waals surface area contributed by atoms with Crippen molar-refractivity contribution in [3.8, 4) is 0 Å². The molecule has 0 radical (unpaired) electrons. The van der Waals surface area contributed by atoms with Crippen LogP contribution in [0.2, 0.25) is 10.0 Å². The van der Waals surface area contributed by atoms with Gasteiger partial charge in [-0.3, -0.25) is 9.59 Å². The average Bonchev–Trinajstić information content (AvgIpc) is 2.86. The number of rotatable bonds is 11. The van der Waals surface area contributed by atoms with Crippen molar-refractivity contribution in [2.24, 2.45) is 5.92 Å². The van der Waals surface area contributed by atoms with Gasteiger partial charge in [0.2, 0.25) is 11.8 Å². The van der Waals surface area contributed by atoms with Crippen molar-refractivity contribution in [2.45, 2.75) is 44.7 Å². The van der Waals surface area contributed by atoms with E-state index in [0.29, 0.717) is 28.6 Å². The highest BCUT2D eigenvalue weighted by molar-refractivity contribution is 8.00. The van der Waals surface area contributed by atoms with Crippen LogP contribution in [0, 0.1) is 12.8 Å². The summed E-state index contributed by atoms with van der Waals surface area (Å²) in [5, 5.41) is 3.96. The molecule has 0 aliphatic carbocycles. The molecule has 0 aliphatic heterocycles. The number of halogens is 2. The van der Waals surface area contributed by atoms with Gasteiger partial charge in [-0.05, 0) is 42.7 Å². The maximum atomic E-state index is 13.7. The minimum Gasteiger partial charge on any atom is -0.354 e. The molecule has 3 aromatic rings. The van der Waals surface area contributed by atoms with Crippen LogP contribution in [-0.4, -0.2) is 35.1 Å². The third-order valence-electron chi connectivity index (χ3n) is 5.73. The first-order valence-electron chi connectivity index (χ1n) is 12.0. The molecule has 0 aromatic heterocycles. The predicted octanol–water partition coefficient (Wildman–Crippen LogP) is 6.81. The molecule has 0 saturated carbocycles. The normalized spacial score (nSPS) is 11.8. The van der Waals surface area contributed by atoms with Gasteiger partial charge < -0.3 is 10.2 Å². The van der Waals surface area contributed by atoms with Crippen molar-refractivity contribution >= 4 is 46.8 Å². The predicted molar refractivity (Wildman–Crippen MR) is 151 cm³/mol. The van der Waals surface area contributed by atoms with E-state index >= 15 is 0 Å². The highest BCUT2D eigenvalue weighted by atomic mass is 35.5. The number of nitrogens with zero attached hydrogens (tertiary/aromatic N) is 1. The van der Waals surface area contributed by atoms with Gasteiger partial charge in [0.25, 0.3) is 0 Å². The van der Waals surface area contributed by atoms with E-state index in [-0.39, 0.29) is 30.0 Å². The van der Waals surface area contributed by atoms with Crippen molar-refractivity contribution in [1.29, 1.82) is 0 Å². The van der Waals surface area contributed by atoms with Crippen molar-refractivity contribution in [3.63, 3.8) is 0 Å². The molecule has 0 aliphatic rings. The lowest BCUT2D eigenvalue weighted by Crippen LogP contribution is -2.51. The Morgan fingerprint density at radius 3 is 2.17 bits per heavy atom. The highest BCUT2D eigenvalue weighted by Gasteiger charge is 2.31. The van der Waals surface area contributed by atoms with Crippen molar-refractivity contribution in [3.05, 3.63) is 99.5 Å². The number of thioether (sulfide) groups is 1. The molecule has 36 heavy (non-hydrogen) atoms. The Balaban J connectivity index is 1.94. The molecule has 4 nitrogen and oxygen atoms in total. The number of carbonyl (C=O) groups is 2. The van der Waals surface area contributed by atoms with Crippen molar-refractivity contribution in [2.75, 3.05) is 12.3 Å². The molecule has 1 N–H and O–H groups in total. The van der Waals surface area contributed by atoms with Crippen molar-refractivity contribution in [1.82, 2.24) is 10.2 Å². The number of aryl methyl sites for hydroxylation is 1. The second-order valence-electron chi connectivity index (χ2n) is 9.17. The highest BCUT2D eigenvalue weighted by Crippen LogP contribution is 2.28. The monoisotopic (exact) mass is 542 g/mol. The lowest BCUT2D eigenvalue weighted by atomic mass is 10.0. The summed E-state index contributed by atoms with van der Waals surface area (Å²) < 4.78 is 0. The third-order valence-corrected chi connectivity index (χ3v) is 7.43. The van der Waals surface area contributed by atoms with Crippen LogP contribution in [0.1, 0.15) is 30.5 Å². The van der Waals surface area contributed by atoms with Crippen LogP contribution >= 0.6 is 35.0 Å². The molecule has 0 heterocycles. The van der Waals surface area contributed by atoms with Gasteiger partial charge in [0.05, 0.1) is 5.75 Å². The Bertz CT molecular complexity index is 1130. The SMILES string of the molecule is Cc1ccc(SCC(=O)N(Cc2c(Cl)cccc2Cl)[C@H](Cc2ccccc2)C(=O)NCC(C)C)cc1. The van der Waals surface area contributed by atoms with Crippen LogP contribution in [0.15, 0.2) is 77.7 Å². The van der Waals surface area contributed by atoms with E-state index in [4.69, 9.17) is 23.2 Å². The van der Waals surface area contributed by atoms with E-state index in [0.717, 1.165) is 16.0 Å². The minimum absolute atomic E-state index is 0.137. The molecule has 7 heteroatoms. The van der Waals surface area contributed by atoms with E-state index in [1.54, 1.807) is 23.1 Å². The quantitative estimate of drug-likeness (QED) is 0.271. The molecule has 0 unspecified atom stereocenters. The standard InChI is InChI=1S/C29H32Cl2N2O2S/c1-20(2)17-32-29(35)27(16-22-8-5-4-6-9-22)33(18-24-25(30)10-7-11-26(24)31)28(34)19-36-23-14-12-21(3)13-15-23/h4-15,20,27H,16-19H2,1-3H3,(H,32,35)/t27-/m1/s1. The number of benzene rings is 3. The van der Waals surface area contributed by atoms with Crippen LogP contribution < -0.4 is 5.32 Å². The molecule has 3 rings (SSSR count). The maximum Gasteiger partial charge on any atom is 0.243 e. The summed E-state index contributed by atoms with van der Waals surface area (Å²) in [6, 6.07) is 22.3. The topological polar surface area (TPSA) is 49.4 Å². The molecule has 3 aromatic carbocycles. The molecule has 190 valence electrons. The second-order valence-corrected chi connectivity index (χ2v) is 11.0. The number of hydrogen-bond donors (Lipinski definition) is 1. The first kappa shape index (κ1) is 28.1. The average molecular weight is 544 g/mol. The van der Waals surface area contributed by atoms with Crippen LogP contribution in [0.25, 0.3) is 0 Å². The Kier molecular flexibility index (Phi) is 10.7. The lowest BCUT2D eigenvalue weighted by Gasteiger charge is -2.32. The molecule has 0 fully saturated rings. The molecule has 0 saturated heterocycles. The summed E-state index contributed by atoms with van der Waals surface area (Å²) in [5.74, 6) is 0.126. The Morgan fingerprint density at radius 2 is 1.56 bits per heavy atom. The van der Waals surface area contributed by atoms with Gasteiger partial charge in [-0.2, -0.15) is 0 Å². The van der Waals surface area contributed by atoms with Crippen LogP contribution in [-0.2, 0) is 22.6 Å². The Labute approximate surface area is 228 Å². The summed E-state index contributed by atoms with van der Waals surface area (Å²) in [6.07, 6.45) is 0.383. The van der Waals surface area contributed by atoms with Gasteiger partial charge in [-0.1, -0.05) is 91.1 Å². The zero-order valence-electron chi connectivity index (χ0n) is 20.8. The molecule has 1 atom stereocenters. The van der Waals surface area contributed by atoms with Crippen molar-refractivity contribution < 1.29 is 9.59 Å². The third kappa shape index (κ3) is 8.29. The Morgan fingerprint density at radius 1 is 0.917 bits per heavy atom. The van der Waals surface area contributed by atoms with Crippen LogP contribution in [0.5, 0.6) is 0 Å². The van der Waals surface area contributed by atoms with Gasteiger partial charge >= 0.3 is 0 Å². The van der Waals surface area contributed by atoms with Gasteiger partial charge in [-0.15, -0.1) is 11.8 Å². The number of hydrogen-bond acceptors (Lipinski definition) is 3. The zero-order chi connectivity index (χ0) is 26.1. The second kappa shape index (κ2) is 13.7. The smallest absolute Gasteiger partial charge is 0.243 e. The first-order valence-corrected chi connectivity index (χ1v) is 13.7. The summed E-state index contributed by atoms with van der Waals surface area (Å²) in [4.78, 5) is 29.8. The fourth-order valence-corrected chi connectivity index (χ4v) is 4.99. The van der Waals surface area contributed by atoms with Gasteiger partial charge in [-0.25, -0.2) is 0 Å². The summed E-state index contributed by atoms with van der Waals surface area (Å²) >= 11 is 14.4. The zero-order valence-corrected chi connectivity index (χ0v) is 23.2. The molecular weight excluding hydrogens is 511 g/mol. The van der Waals surface area contributed by atoms with E-state index in [1.807, 2.05) is 75.4 Å². The number of carbonyl (C=O) groups excluding carboxylic acids is 2. The van der Waals surface area contributed by atoms with Crippen LogP contribution in [0.4, 0.5) is 0 Å². The summed E-state index contributed by atoms with van der Waals surface area (Å²) in [6.45, 7) is 6.77. The Hall–Kier alpha value is -2.47. The van der Waals surface area contributed by atoms with Gasteiger partial charge in [0.15, 0.2) is 0 Å². The van der Waals surface area contributed by atoms with E-state index < -0.39 is 6.04 Å². The largest absolute Gasteiger partial charge is 0.354 e. The molecule has 0 spiro atoms.